The fraction of sp³-hybridized carbons (Fsp3) is 0.235. The van der Waals surface area contributed by atoms with Crippen LogP contribution in [0.3, 0.4) is 0 Å². The van der Waals surface area contributed by atoms with Crippen molar-refractivity contribution in [2.45, 2.75) is 36.4 Å². The molecule has 0 saturated carbocycles. The fourth-order valence-corrected chi connectivity index (χ4v) is 3.46. The summed E-state index contributed by atoms with van der Waals surface area (Å²) < 4.78 is 1.92. The predicted molar refractivity (Wildman–Crippen MR) is 96.1 cm³/mol. The number of hydrogen-bond acceptors (Lipinski definition) is 4. The van der Waals surface area contributed by atoms with Crippen molar-refractivity contribution in [1.82, 2.24) is 19.5 Å². The Kier molecular flexibility index (Phi) is 4.93. The highest BCUT2D eigenvalue weighted by Gasteiger charge is 2.11. The number of benzene rings is 1. The number of hydrogen-bond donors (Lipinski definition) is 2. The number of fused-ring (bicyclic) bond motifs is 1. The Balaban J connectivity index is 1.97. The van der Waals surface area contributed by atoms with E-state index in [0.29, 0.717) is 34.3 Å². The van der Waals surface area contributed by atoms with E-state index in [2.05, 4.69) is 20.9 Å². The normalized spacial score (nSPS) is 10.9. The summed E-state index contributed by atoms with van der Waals surface area (Å²) in [6.45, 7) is 2.73. The van der Waals surface area contributed by atoms with E-state index in [4.69, 9.17) is 23.4 Å². The highest BCUT2D eigenvalue weighted by atomic mass is 35.5. The van der Waals surface area contributed by atoms with Crippen molar-refractivity contribution < 1.29 is 0 Å². The second-order valence-corrected chi connectivity index (χ2v) is 6.81. The molecule has 2 aromatic heterocycles. The van der Waals surface area contributed by atoms with Crippen molar-refractivity contribution in [1.29, 1.82) is 5.41 Å². The third kappa shape index (κ3) is 3.48. The summed E-state index contributed by atoms with van der Waals surface area (Å²) in [7, 11) is 0. The minimum Gasteiger partial charge on any atom is -0.328 e. The van der Waals surface area contributed by atoms with Gasteiger partial charge in [0.25, 0.3) is 0 Å². The van der Waals surface area contributed by atoms with Crippen LogP contribution < -0.4 is 5.49 Å². The summed E-state index contributed by atoms with van der Waals surface area (Å²) in [6.07, 6.45) is 8.48. The van der Waals surface area contributed by atoms with Gasteiger partial charge in [-0.25, -0.2) is 9.97 Å². The van der Waals surface area contributed by atoms with Gasteiger partial charge in [0, 0.05) is 17.9 Å². The van der Waals surface area contributed by atoms with E-state index < -0.39 is 0 Å². The lowest BCUT2D eigenvalue weighted by Gasteiger charge is -2.04. The van der Waals surface area contributed by atoms with Gasteiger partial charge in [-0.3, -0.25) is 5.41 Å². The van der Waals surface area contributed by atoms with Crippen molar-refractivity contribution in [3.63, 3.8) is 0 Å². The molecular formula is C17H16ClN5S. The number of unbranched alkanes of at least 4 members (excludes halogenated alkanes) is 1. The molecule has 0 aliphatic rings. The summed E-state index contributed by atoms with van der Waals surface area (Å²) >= 11 is 7.70. The van der Waals surface area contributed by atoms with Crippen LogP contribution in [0.5, 0.6) is 0 Å². The molecule has 24 heavy (non-hydrogen) atoms. The maximum Gasteiger partial charge on any atom is 0.173 e. The molecule has 0 unspecified atom stereocenters. The first-order valence-electron chi connectivity index (χ1n) is 7.45. The van der Waals surface area contributed by atoms with Crippen LogP contribution in [-0.4, -0.2) is 19.5 Å². The zero-order chi connectivity index (χ0) is 17.1. The third-order valence-corrected chi connectivity index (χ3v) is 4.90. The number of halogens is 1. The fourth-order valence-electron chi connectivity index (χ4n) is 2.32. The molecule has 1 aromatic carbocycles. The summed E-state index contributed by atoms with van der Waals surface area (Å²) in [4.78, 5) is 12.8. The Labute approximate surface area is 149 Å². The van der Waals surface area contributed by atoms with Gasteiger partial charge >= 0.3 is 0 Å². The van der Waals surface area contributed by atoms with Crippen LogP contribution in [0.1, 0.15) is 18.4 Å². The van der Waals surface area contributed by atoms with E-state index in [1.807, 2.05) is 29.7 Å². The number of aryl methyl sites for hydroxylation is 2. The van der Waals surface area contributed by atoms with Crippen LogP contribution in [-0.2, 0) is 6.54 Å². The first-order valence-corrected chi connectivity index (χ1v) is 8.65. The van der Waals surface area contributed by atoms with Gasteiger partial charge in [0.1, 0.15) is 5.52 Å². The first-order chi connectivity index (χ1) is 11.6. The number of imidazole rings is 1. The zero-order valence-electron chi connectivity index (χ0n) is 13.1. The number of nitrogens with one attached hydrogen (secondary N) is 2. The Morgan fingerprint density at radius 3 is 3.08 bits per heavy atom. The number of aromatic nitrogens is 4. The molecule has 2 N–H and O–H groups in total. The standard InChI is InChI=1S/C17H16ClN5S/c1-3-4-5-8-23-10-20-15(19)14-16(23)22-17(21-14)24-13-9-11(2)6-7-12(13)18/h1,6-7,9-10,19H,4-5,8H2,2H3,(H,21,22). The number of nitrogens with zero attached hydrogens (tertiary/aromatic N) is 3. The Hall–Kier alpha value is -2.23. The molecule has 0 aliphatic carbocycles. The Bertz CT molecular complexity index is 983. The molecule has 7 heteroatoms. The van der Waals surface area contributed by atoms with Crippen LogP contribution in [0, 0.1) is 24.7 Å². The van der Waals surface area contributed by atoms with Gasteiger partial charge < -0.3 is 9.55 Å². The number of terminal acetylenes is 1. The van der Waals surface area contributed by atoms with Crippen molar-refractivity contribution >= 4 is 34.5 Å². The topological polar surface area (TPSA) is 70.3 Å². The highest BCUT2D eigenvalue weighted by Crippen LogP contribution is 2.32. The molecule has 3 rings (SSSR count). The van der Waals surface area contributed by atoms with Gasteiger partial charge in [-0.15, -0.1) is 12.3 Å². The summed E-state index contributed by atoms with van der Waals surface area (Å²) in [5.41, 5.74) is 2.63. The van der Waals surface area contributed by atoms with Crippen molar-refractivity contribution in [3.8, 4) is 12.3 Å². The first kappa shape index (κ1) is 16.6. The SMILES string of the molecule is C#CCCCn1cnc(=N)c2[nH]c(Sc3cc(C)ccc3Cl)nc21. The average molecular weight is 358 g/mol. The molecule has 2 heterocycles. The number of aromatic amines is 1. The molecule has 5 nitrogen and oxygen atoms in total. The number of rotatable bonds is 5. The molecule has 0 amide bonds. The van der Waals surface area contributed by atoms with Gasteiger partial charge in [0.2, 0.25) is 0 Å². The molecule has 0 spiro atoms. The molecule has 0 aliphatic heterocycles. The van der Waals surface area contributed by atoms with E-state index >= 15 is 0 Å². The van der Waals surface area contributed by atoms with E-state index in [-0.39, 0.29) is 5.49 Å². The van der Waals surface area contributed by atoms with E-state index in [1.165, 1.54) is 11.8 Å². The minimum atomic E-state index is 0.174. The molecular weight excluding hydrogens is 342 g/mol. The van der Waals surface area contributed by atoms with Crippen molar-refractivity contribution in [2.75, 3.05) is 0 Å². The molecule has 122 valence electrons. The molecule has 0 saturated heterocycles. The summed E-state index contributed by atoms with van der Waals surface area (Å²) in [5.74, 6) is 2.63. The van der Waals surface area contributed by atoms with Gasteiger partial charge in [0.15, 0.2) is 16.3 Å². The maximum atomic E-state index is 7.98. The zero-order valence-corrected chi connectivity index (χ0v) is 14.7. The van der Waals surface area contributed by atoms with Gasteiger partial charge in [-0.05, 0) is 31.0 Å². The van der Waals surface area contributed by atoms with Crippen LogP contribution >= 0.6 is 23.4 Å². The molecule has 0 fully saturated rings. The van der Waals surface area contributed by atoms with Gasteiger partial charge in [0.05, 0.1) is 11.3 Å². The molecule has 0 radical (unpaired) electrons. The predicted octanol–water partition coefficient (Wildman–Crippen LogP) is 3.77. The van der Waals surface area contributed by atoms with Crippen molar-refractivity contribution in [3.05, 3.63) is 40.6 Å². The lowest BCUT2D eigenvalue weighted by molar-refractivity contribution is 0.653. The average Bonchev–Trinajstić information content (AvgIpc) is 2.98. The lowest BCUT2D eigenvalue weighted by atomic mass is 10.2. The molecule has 0 bridgehead atoms. The van der Waals surface area contributed by atoms with E-state index in [1.54, 1.807) is 6.33 Å². The molecule has 3 aromatic rings. The summed E-state index contributed by atoms with van der Waals surface area (Å²) in [6, 6.07) is 5.86. The quantitative estimate of drug-likeness (QED) is 0.539. The number of H-pyrrole nitrogens is 1. The second-order valence-electron chi connectivity index (χ2n) is 5.37. The second kappa shape index (κ2) is 7.12. The van der Waals surface area contributed by atoms with E-state index in [0.717, 1.165) is 16.9 Å². The Morgan fingerprint density at radius 2 is 2.29 bits per heavy atom. The minimum absolute atomic E-state index is 0.174. The van der Waals surface area contributed by atoms with E-state index in [9.17, 15) is 0 Å². The van der Waals surface area contributed by atoms with Crippen molar-refractivity contribution in [2.24, 2.45) is 0 Å². The van der Waals surface area contributed by atoms with Gasteiger partial charge in [-0.1, -0.05) is 29.4 Å². The van der Waals surface area contributed by atoms with Gasteiger partial charge in [-0.2, -0.15) is 0 Å². The largest absolute Gasteiger partial charge is 0.328 e. The molecule has 0 atom stereocenters. The third-order valence-electron chi connectivity index (χ3n) is 3.51. The highest BCUT2D eigenvalue weighted by molar-refractivity contribution is 7.99. The Morgan fingerprint density at radius 1 is 1.46 bits per heavy atom. The van der Waals surface area contributed by atoms with Crippen LogP contribution in [0.15, 0.2) is 34.6 Å². The summed E-state index contributed by atoms with van der Waals surface area (Å²) in [5, 5.41) is 9.34. The smallest absolute Gasteiger partial charge is 0.173 e. The maximum absolute atomic E-state index is 7.98. The van der Waals surface area contributed by atoms with Crippen LogP contribution in [0.2, 0.25) is 5.02 Å². The van der Waals surface area contributed by atoms with Crippen LogP contribution in [0.25, 0.3) is 11.2 Å². The monoisotopic (exact) mass is 357 g/mol. The lowest BCUT2D eigenvalue weighted by Crippen LogP contribution is -2.12. The van der Waals surface area contributed by atoms with Crippen LogP contribution in [0.4, 0.5) is 0 Å².